The molecule has 0 bridgehead atoms. The van der Waals surface area contributed by atoms with Gasteiger partial charge in [0.25, 0.3) is 5.91 Å². The Morgan fingerprint density at radius 1 is 0.506 bits per heavy atom. The second-order valence-electron chi connectivity index (χ2n) is 19.5. The van der Waals surface area contributed by atoms with Crippen molar-refractivity contribution in [1.82, 2.24) is 21.3 Å². The number of aryl methyl sites for hydroxylation is 1. The molecule has 1 unspecified atom stereocenters. The van der Waals surface area contributed by atoms with E-state index in [0.29, 0.717) is 214 Å². The van der Waals surface area contributed by atoms with Gasteiger partial charge in [-0.1, -0.05) is 30.7 Å². The number of unbranched alkanes of at least 4 members (excludes halogenated alkanes) is 2. The molecule has 0 saturated carbocycles. The molecule has 0 spiro atoms. The second kappa shape index (κ2) is 54.2. The molecule has 2 aromatic rings. The van der Waals surface area contributed by atoms with Crippen molar-refractivity contribution in [3.8, 4) is 5.75 Å². The first kappa shape index (κ1) is 75.3. The van der Waals surface area contributed by atoms with Gasteiger partial charge in [0, 0.05) is 61.0 Å². The topological polar surface area (TPSA) is 272 Å². The lowest BCUT2D eigenvalue weighted by molar-refractivity contribution is -0.123. The van der Waals surface area contributed by atoms with Crippen molar-refractivity contribution < 1.29 is 85.5 Å². The quantitative estimate of drug-likeness (QED) is 0.0445. The molecule has 1 fully saturated rings. The van der Waals surface area contributed by atoms with Crippen molar-refractivity contribution in [3.63, 3.8) is 0 Å². The van der Waals surface area contributed by atoms with Crippen LogP contribution < -0.4 is 31.7 Å². The first-order chi connectivity index (χ1) is 41.8. The van der Waals surface area contributed by atoms with Crippen LogP contribution in [0.15, 0.2) is 42.5 Å². The number of alkyl halides is 1. The van der Waals surface area contributed by atoms with Crippen molar-refractivity contribution in [2.75, 3.05) is 204 Å². The largest absolute Gasteiger partial charge is 0.496 e. The van der Waals surface area contributed by atoms with E-state index < -0.39 is 6.03 Å². The van der Waals surface area contributed by atoms with E-state index in [1.54, 1.807) is 19.2 Å². The molecule has 6 N–H and O–H groups in total. The molecule has 2 atom stereocenters. The highest BCUT2D eigenvalue weighted by molar-refractivity contribution is 8.00. The molecular weight excluding hydrogens is 1150 g/mol. The van der Waals surface area contributed by atoms with Crippen LogP contribution in [0, 0.1) is 0 Å². The molecule has 1 aliphatic rings. The minimum Gasteiger partial charge on any atom is -0.496 e. The molecule has 1 aliphatic heterocycles. The van der Waals surface area contributed by atoms with Gasteiger partial charge in [0.2, 0.25) is 11.8 Å². The summed E-state index contributed by atoms with van der Waals surface area (Å²) >= 11 is 7.66. The summed E-state index contributed by atoms with van der Waals surface area (Å²) in [6, 6.07) is 13.1. The molecule has 486 valence electrons. The van der Waals surface area contributed by atoms with Gasteiger partial charge < -0.3 is 93.3 Å². The maximum Gasteiger partial charge on any atom is 0.312 e. The van der Waals surface area contributed by atoms with E-state index in [0.717, 1.165) is 67.6 Å². The minimum atomic E-state index is -0.466. The number of urea groups is 1. The number of carbonyl (C=O) groups excluding carboxylic acids is 4. The van der Waals surface area contributed by atoms with Crippen molar-refractivity contribution in [3.05, 3.63) is 64.7 Å². The van der Waals surface area contributed by atoms with Crippen LogP contribution in [0.4, 0.5) is 4.79 Å². The number of amides is 5. The van der Waals surface area contributed by atoms with Gasteiger partial charge in [0.15, 0.2) is 0 Å². The maximum absolute atomic E-state index is 12.6. The van der Waals surface area contributed by atoms with E-state index >= 15 is 0 Å². The zero-order valence-electron chi connectivity index (χ0n) is 50.4. The highest BCUT2D eigenvalue weighted by Crippen LogP contribution is 2.30. The number of rotatable bonds is 59. The van der Waals surface area contributed by atoms with Gasteiger partial charge in [-0.25, -0.2) is 4.79 Å². The van der Waals surface area contributed by atoms with E-state index in [-0.39, 0.29) is 36.8 Å². The smallest absolute Gasteiger partial charge is 0.312 e. The van der Waals surface area contributed by atoms with Gasteiger partial charge in [-0.3, -0.25) is 14.4 Å². The minimum absolute atomic E-state index is 0.0349. The van der Waals surface area contributed by atoms with E-state index in [9.17, 15) is 19.2 Å². The number of halogens is 1. The lowest BCUT2D eigenvalue weighted by Crippen LogP contribution is -2.38. The predicted octanol–water partition coefficient (Wildman–Crippen LogP) is 4.67. The summed E-state index contributed by atoms with van der Waals surface area (Å²) in [5.41, 5.74) is 8.94. The Kier molecular flexibility index (Phi) is 48.0. The third-order valence-corrected chi connectivity index (χ3v) is 14.5. The van der Waals surface area contributed by atoms with Crippen LogP contribution in [-0.2, 0) is 90.6 Å². The molecule has 1 heterocycles. The van der Waals surface area contributed by atoms with Gasteiger partial charge in [-0.2, -0.15) is 11.8 Å². The lowest BCUT2D eigenvalue weighted by Gasteiger charge is -2.12. The van der Waals surface area contributed by atoms with E-state index in [4.69, 9.17) is 83.7 Å². The molecule has 3 rings (SSSR count). The Bertz CT molecular complexity index is 1970. The molecule has 25 heteroatoms. The molecular formula is C60H100ClN5O18S. The highest BCUT2D eigenvalue weighted by Gasteiger charge is 2.25. The molecule has 23 nitrogen and oxygen atoms in total. The predicted molar refractivity (Wildman–Crippen MR) is 325 cm³/mol. The molecule has 1 saturated heterocycles. The van der Waals surface area contributed by atoms with E-state index in [1.807, 2.05) is 23.9 Å². The Morgan fingerprint density at radius 2 is 0.965 bits per heavy atom. The number of nitrogens with two attached hydrogens (primary N) is 1. The lowest BCUT2D eigenvalue weighted by atomic mass is 10.0. The number of carbonyl (C=O) groups is 4. The first-order valence-corrected chi connectivity index (χ1v) is 31.7. The van der Waals surface area contributed by atoms with Gasteiger partial charge in [0.1, 0.15) is 5.75 Å². The number of hydrogen-bond acceptors (Lipinski definition) is 19. The molecule has 5 amide bonds. The number of hydrogen-bond donors (Lipinski definition) is 5. The normalized spacial score (nSPS) is 14.0. The average molecular weight is 1250 g/mol. The zero-order valence-corrected chi connectivity index (χ0v) is 52.0. The third-order valence-electron chi connectivity index (χ3n) is 12.7. The van der Waals surface area contributed by atoms with Crippen LogP contribution in [0.5, 0.6) is 5.75 Å². The molecule has 0 aromatic heterocycles. The fourth-order valence-electron chi connectivity index (χ4n) is 8.16. The summed E-state index contributed by atoms with van der Waals surface area (Å²) in [5, 5.41) is 11.9. The molecule has 0 radical (unpaired) electrons. The van der Waals surface area contributed by atoms with Crippen LogP contribution >= 0.6 is 23.4 Å². The Hall–Kier alpha value is -3.96. The second-order valence-corrected chi connectivity index (χ2v) is 21.2. The molecule has 85 heavy (non-hydrogen) atoms. The Balaban J connectivity index is 0.930. The Morgan fingerprint density at radius 3 is 1.46 bits per heavy atom. The monoisotopic (exact) mass is 1250 g/mol. The van der Waals surface area contributed by atoms with Gasteiger partial charge >= 0.3 is 6.03 Å². The van der Waals surface area contributed by atoms with E-state index in [1.165, 1.54) is 5.56 Å². The summed E-state index contributed by atoms with van der Waals surface area (Å²) in [5.74, 6) is 2.15. The number of primary amides is 1. The van der Waals surface area contributed by atoms with Crippen LogP contribution in [0.2, 0.25) is 0 Å². The van der Waals surface area contributed by atoms with Crippen molar-refractivity contribution in [2.45, 2.75) is 82.0 Å². The number of ether oxygens (including phenoxy) is 14. The maximum atomic E-state index is 12.6. The molecule has 2 aromatic carbocycles. The van der Waals surface area contributed by atoms with Gasteiger partial charge in [-0.05, 0) is 79.8 Å². The summed E-state index contributed by atoms with van der Waals surface area (Å²) in [6.07, 6.45) is 8.26. The number of thioether (sulfide) groups is 1. The average Bonchev–Trinajstić information content (AvgIpc) is 4.01. The van der Waals surface area contributed by atoms with Crippen molar-refractivity contribution >= 4 is 47.1 Å². The summed E-state index contributed by atoms with van der Waals surface area (Å²) in [7, 11) is 1.68. The summed E-state index contributed by atoms with van der Waals surface area (Å²) in [4.78, 5) is 48.0. The summed E-state index contributed by atoms with van der Waals surface area (Å²) < 4.78 is 77.6. The third kappa shape index (κ3) is 43.4. The van der Waals surface area contributed by atoms with Crippen LogP contribution in [0.3, 0.4) is 0 Å². The SMILES string of the molecule is COc1cc(CCCCCl)ccc1CCOCCNC(=O)c1ccc(CNC(=O)CCOCCOCCOCCOCCOCCOCCOCCOCCOCCOCCOCCOCCNC(=O)CCCC[C@H]2CC(NC(N)=O)CS2)cc1. The Labute approximate surface area is 513 Å². The fourth-order valence-corrected chi connectivity index (χ4v) is 9.78. The highest BCUT2D eigenvalue weighted by atomic mass is 35.5. The van der Waals surface area contributed by atoms with Crippen LogP contribution in [0.1, 0.15) is 78.4 Å². The zero-order chi connectivity index (χ0) is 60.7. The fraction of sp³-hybridized carbons (Fsp3) is 0.733. The number of nitrogens with one attached hydrogen (secondary N) is 4. The number of methoxy groups -OCH3 is 1. The molecule has 0 aliphatic carbocycles. The van der Waals surface area contributed by atoms with Crippen LogP contribution in [-0.4, -0.2) is 239 Å². The summed E-state index contributed by atoms with van der Waals surface area (Å²) in [6.45, 7) is 12.8. The van der Waals surface area contributed by atoms with Gasteiger partial charge in [-0.15, -0.1) is 11.6 Å². The van der Waals surface area contributed by atoms with Crippen molar-refractivity contribution in [2.24, 2.45) is 5.73 Å². The number of benzene rings is 2. The standard InChI is InChI=1S/C60H100ClN5O18S/c1-71-56-46-50(6-4-5-17-61)9-12-52(56)15-20-72-23-19-64-59(69)53-13-10-51(11-14-53)48-65-58(68)16-21-73-24-26-75-28-30-77-32-34-79-36-38-81-40-42-83-44-45-84-43-41-82-39-37-80-35-33-78-31-29-76-27-25-74-22-18-63-57(67)8-3-2-7-55-47-54(49-85-55)66-60(62)70/h9-14,46,54-55H,2-8,15-45,47-49H2,1H3,(H,63,67)(H,64,69)(H,65,68)(H3,62,66,70)/t54?,55-/m0/s1. The first-order valence-electron chi connectivity index (χ1n) is 30.1. The van der Waals surface area contributed by atoms with E-state index in [2.05, 4.69) is 39.5 Å². The van der Waals surface area contributed by atoms with Crippen molar-refractivity contribution in [1.29, 1.82) is 0 Å². The van der Waals surface area contributed by atoms with Crippen LogP contribution in [0.25, 0.3) is 0 Å². The van der Waals surface area contributed by atoms with Gasteiger partial charge in [0.05, 0.1) is 179 Å².